The molecule has 7 heteroatoms. The molecule has 6 nitrogen and oxygen atoms in total. The van der Waals surface area contributed by atoms with Gasteiger partial charge in [-0.3, -0.25) is 9.69 Å². The van der Waals surface area contributed by atoms with E-state index in [1.165, 1.54) is 73.6 Å². The second-order valence-corrected chi connectivity index (χ2v) is 13.7. The third kappa shape index (κ3) is 10.7. The highest BCUT2D eigenvalue weighted by atomic mass is 32.1. The van der Waals surface area contributed by atoms with Crippen LogP contribution in [0.4, 0.5) is 5.69 Å². The predicted molar refractivity (Wildman–Crippen MR) is 194 cm³/mol. The number of anilines is 1. The van der Waals surface area contributed by atoms with Crippen LogP contribution in [-0.4, -0.2) is 55.2 Å². The maximum atomic E-state index is 12.4. The lowest BCUT2D eigenvalue weighted by Gasteiger charge is -2.36. The Kier molecular flexibility index (Phi) is 14.0. The number of hydrogen-bond acceptors (Lipinski definition) is 7. The summed E-state index contributed by atoms with van der Waals surface area (Å²) >= 11 is 1.82. The molecule has 0 bridgehead atoms. The smallest absolute Gasteiger partial charge is 0.312 e. The first-order valence-electron chi connectivity index (χ1n) is 17.9. The summed E-state index contributed by atoms with van der Waals surface area (Å²) in [5.74, 6) is 0.974. The van der Waals surface area contributed by atoms with Gasteiger partial charge in [-0.1, -0.05) is 77.2 Å². The van der Waals surface area contributed by atoms with E-state index in [1.807, 2.05) is 35.6 Å². The van der Waals surface area contributed by atoms with E-state index in [2.05, 4.69) is 51.4 Å². The highest BCUT2D eigenvalue weighted by Crippen LogP contribution is 2.31. The molecule has 1 saturated heterocycles. The molecule has 0 N–H and O–H groups in total. The monoisotopic (exact) mass is 643 g/mol. The van der Waals surface area contributed by atoms with Crippen LogP contribution in [0.5, 0.6) is 11.6 Å². The van der Waals surface area contributed by atoms with Crippen LogP contribution in [0.2, 0.25) is 0 Å². The molecule has 2 aromatic heterocycles. The van der Waals surface area contributed by atoms with Gasteiger partial charge in [0.2, 0.25) is 5.88 Å². The summed E-state index contributed by atoms with van der Waals surface area (Å²) in [7, 11) is 0. The van der Waals surface area contributed by atoms with E-state index < -0.39 is 0 Å². The number of rotatable bonds is 20. The number of ether oxygens (including phenoxy) is 2. The van der Waals surface area contributed by atoms with Crippen LogP contribution >= 0.6 is 11.3 Å². The fraction of sp³-hybridized carbons (Fsp3) is 0.538. The molecule has 46 heavy (non-hydrogen) atoms. The second kappa shape index (κ2) is 18.9. The second-order valence-electron chi connectivity index (χ2n) is 12.8. The van der Waals surface area contributed by atoms with E-state index in [0.717, 1.165) is 75.1 Å². The molecule has 0 aliphatic carbocycles. The number of aromatic nitrogens is 1. The number of carbonyl (C=O) groups is 1. The number of piperazine rings is 1. The van der Waals surface area contributed by atoms with Crippen molar-refractivity contribution in [3.63, 3.8) is 0 Å². The summed E-state index contributed by atoms with van der Waals surface area (Å²) in [6.07, 6.45) is 16.5. The third-order valence-electron chi connectivity index (χ3n) is 9.16. The van der Waals surface area contributed by atoms with Gasteiger partial charge in [-0.15, -0.1) is 11.3 Å². The lowest BCUT2D eigenvalue weighted by molar-refractivity contribution is -0.134. The van der Waals surface area contributed by atoms with Crippen LogP contribution in [0.25, 0.3) is 21.0 Å². The van der Waals surface area contributed by atoms with Gasteiger partial charge >= 0.3 is 5.97 Å². The van der Waals surface area contributed by atoms with E-state index in [0.29, 0.717) is 18.9 Å². The number of carbonyl (C=O) groups excluding carboxylic acids is 1. The average Bonchev–Trinajstić information content (AvgIpc) is 3.57. The van der Waals surface area contributed by atoms with Gasteiger partial charge < -0.3 is 14.4 Å². The number of pyridine rings is 1. The molecule has 1 fully saturated rings. The molecule has 248 valence electrons. The van der Waals surface area contributed by atoms with Crippen molar-refractivity contribution in [2.75, 3.05) is 44.2 Å². The number of benzene rings is 2. The number of unbranched alkanes of at least 4 members (excludes halogenated alkanes) is 11. The first kappa shape index (κ1) is 34.2. The van der Waals surface area contributed by atoms with Gasteiger partial charge in [0, 0.05) is 65.9 Å². The third-order valence-corrected chi connectivity index (χ3v) is 10.0. The minimum Gasteiger partial charge on any atom is -0.494 e. The molecule has 0 amide bonds. The largest absolute Gasteiger partial charge is 0.494 e. The topological polar surface area (TPSA) is 54.9 Å². The van der Waals surface area contributed by atoms with Gasteiger partial charge in [-0.05, 0) is 67.6 Å². The fourth-order valence-electron chi connectivity index (χ4n) is 6.42. The molecule has 1 aliphatic rings. The Hall–Kier alpha value is -3.16. The first-order valence-corrected chi connectivity index (χ1v) is 18.8. The van der Waals surface area contributed by atoms with Crippen molar-refractivity contribution in [1.82, 2.24) is 9.88 Å². The molecule has 0 atom stereocenters. The molecular formula is C39H53N3O3S. The summed E-state index contributed by atoms with van der Waals surface area (Å²) in [6.45, 7) is 8.40. The normalized spacial score (nSPS) is 13.9. The van der Waals surface area contributed by atoms with E-state index in [-0.39, 0.29) is 5.97 Å². The summed E-state index contributed by atoms with van der Waals surface area (Å²) in [5.41, 5.74) is 2.16. The summed E-state index contributed by atoms with van der Waals surface area (Å²) in [6, 6.07) is 18.6. The zero-order chi connectivity index (χ0) is 31.8. The molecule has 0 unspecified atom stereocenters. The molecule has 1 aliphatic heterocycles. The summed E-state index contributed by atoms with van der Waals surface area (Å²) < 4.78 is 13.0. The van der Waals surface area contributed by atoms with Crippen LogP contribution in [0.15, 0.2) is 60.0 Å². The van der Waals surface area contributed by atoms with Crippen LogP contribution in [0.1, 0.15) is 96.8 Å². The van der Waals surface area contributed by atoms with Crippen molar-refractivity contribution in [2.45, 2.75) is 96.8 Å². The first-order chi connectivity index (χ1) is 22.7. The maximum Gasteiger partial charge on any atom is 0.312 e. The van der Waals surface area contributed by atoms with Crippen LogP contribution < -0.4 is 14.4 Å². The van der Waals surface area contributed by atoms with Crippen molar-refractivity contribution < 1.29 is 14.3 Å². The zero-order valence-corrected chi connectivity index (χ0v) is 28.7. The Morgan fingerprint density at radius 3 is 2.33 bits per heavy atom. The van der Waals surface area contributed by atoms with E-state index >= 15 is 0 Å². The highest BCUT2D eigenvalue weighted by Gasteiger charge is 2.18. The molecule has 2 aromatic carbocycles. The quantitative estimate of drug-likeness (QED) is 0.0706. The minimum atomic E-state index is -0.198. The standard InChI is InChI=1S/C39H53N3O3S/c1-2-3-4-5-6-7-8-9-10-11-12-18-39(43)45-38-22-20-32-19-21-33(31-35(32)40-38)44-29-14-13-24-41-25-27-42(28-26-41)36-16-15-17-37-34(36)23-30-46-37/h15-17,19-23,30-31H,2-14,18,24-29H2,1H3. The summed E-state index contributed by atoms with van der Waals surface area (Å²) in [4.78, 5) is 22.1. The van der Waals surface area contributed by atoms with Crippen molar-refractivity contribution in [3.05, 3.63) is 60.0 Å². The Balaban J connectivity index is 0.942. The molecule has 0 spiro atoms. The van der Waals surface area contributed by atoms with Gasteiger partial charge in [0.1, 0.15) is 5.75 Å². The van der Waals surface area contributed by atoms with E-state index in [1.54, 1.807) is 6.07 Å². The number of fused-ring (bicyclic) bond motifs is 2. The number of esters is 1. The molecular weight excluding hydrogens is 591 g/mol. The Bertz CT molecular complexity index is 1480. The SMILES string of the molecule is CCCCCCCCCCCCCC(=O)Oc1ccc2ccc(OCCCCN3CCN(c4cccc5sccc45)CC3)cc2n1. The lowest BCUT2D eigenvalue weighted by Crippen LogP contribution is -2.46. The molecule has 4 aromatic rings. The zero-order valence-electron chi connectivity index (χ0n) is 27.9. The molecule has 0 radical (unpaired) electrons. The van der Waals surface area contributed by atoms with Crippen LogP contribution in [0.3, 0.4) is 0 Å². The number of thiophene rings is 1. The highest BCUT2D eigenvalue weighted by molar-refractivity contribution is 7.17. The molecule has 0 saturated carbocycles. The van der Waals surface area contributed by atoms with Gasteiger partial charge in [-0.2, -0.15) is 0 Å². The predicted octanol–water partition coefficient (Wildman–Crippen LogP) is 10.0. The van der Waals surface area contributed by atoms with Gasteiger partial charge in [0.05, 0.1) is 12.1 Å². The number of hydrogen-bond donors (Lipinski definition) is 0. The lowest BCUT2D eigenvalue weighted by atomic mass is 10.1. The van der Waals surface area contributed by atoms with Crippen LogP contribution in [-0.2, 0) is 4.79 Å². The van der Waals surface area contributed by atoms with Gasteiger partial charge in [-0.25, -0.2) is 4.98 Å². The molecule has 5 rings (SSSR count). The fourth-order valence-corrected chi connectivity index (χ4v) is 7.23. The number of nitrogens with zero attached hydrogens (tertiary/aromatic N) is 3. The van der Waals surface area contributed by atoms with Gasteiger partial charge in [0.15, 0.2) is 0 Å². The van der Waals surface area contributed by atoms with E-state index in [9.17, 15) is 4.79 Å². The van der Waals surface area contributed by atoms with Crippen molar-refractivity contribution in [2.24, 2.45) is 0 Å². The van der Waals surface area contributed by atoms with E-state index in [4.69, 9.17) is 9.47 Å². The molecule has 3 heterocycles. The van der Waals surface area contributed by atoms with Crippen molar-refractivity contribution in [3.8, 4) is 11.6 Å². The van der Waals surface area contributed by atoms with Crippen molar-refractivity contribution >= 4 is 44.0 Å². The Morgan fingerprint density at radius 1 is 0.804 bits per heavy atom. The minimum absolute atomic E-state index is 0.198. The Morgan fingerprint density at radius 2 is 1.54 bits per heavy atom. The Labute approximate surface area is 280 Å². The summed E-state index contributed by atoms with van der Waals surface area (Å²) in [5, 5.41) is 4.58. The van der Waals surface area contributed by atoms with Crippen LogP contribution in [0, 0.1) is 0 Å². The maximum absolute atomic E-state index is 12.4. The average molecular weight is 644 g/mol. The van der Waals surface area contributed by atoms with Crippen molar-refractivity contribution in [1.29, 1.82) is 0 Å². The van der Waals surface area contributed by atoms with Gasteiger partial charge in [0.25, 0.3) is 0 Å².